The van der Waals surface area contributed by atoms with Gasteiger partial charge in [0.25, 0.3) is 5.91 Å². The van der Waals surface area contributed by atoms with Gasteiger partial charge in [-0.15, -0.1) is 0 Å². The standard InChI is InChI=1S/C25H42N2O4/c1-3-4-5-6-7-8-9-10-11-12-13-16-24(28)31-21-23(30-2)17-19-27-18-14-15-22(20-27)25(26)29/h14-15,18,20,23H,3-13,16-17,19,21H2,1-2H3,(H-,26,29)/p+1/t23-/m0/s1. The van der Waals surface area contributed by atoms with Crippen molar-refractivity contribution in [3.05, 3.63) is 30.1 Å². The molecule has 1 heterocycles. The number of nitrogens with two attached hydrogens (primary N) is 1. The van der Waals surface area contributed by atoms with E-state index in [1.54, 1.807) is 25.4 Å². The fourth-order valence-electron chi connectivity index (χ4n) is 3.56. The highest BCUT2D eigenvalue weighted by Gasteiger charge is 2.15. The van der Waals surface area contributed by atoms with E-state index in [9.17, 15) is 9.59 Å². The van der Waals surface area contributed by atoms with Crippen molar-refractivity contribution in [2.75, 3.05) is 13.7 Å². The van der Waals surface area contributed by atoms with Crippen LogP contribution in [-0.2, 0) is 20.8 Å². The van der Waals surface area contributed by atoms with Crippen LogP contribution >= 0.6 is 0 Å². The lowest BCUT2D eigenvalue weighted by molar-refractivity contribution is -0.698. The number of esters is 1. The molecule has 6 nitrogen and oxygen atoms in total. The highest BCUT2D eigenvalue weighted by molar-refractivity contribution is 5.92. The Labute approximate surface area is 188 Å². The van der Waals surface area contributed by atoms with Gasteiger partial charge in [0.05, 0.1) is 6.10 Å². The highest BCUT2D eigenvalue weighted by atomic mass is 16.6. The molecule has 0 spiro atoms. The Balaban J connectivity index is 2.07. The number of aryl methyl sites for hydroxylation is 1. The first-order chi connectivity index (χ1) is 15.1. The van der Waals surface area contributed by atoms with Crippen LogP contribution in [0, 0.1) is 0 Å². The van der Waals surface area contributed by atoms with Crippen LogP contribution < -0.4 is 10.3 Å². The van der Waals surface area contributed by atoms with E-state index in [0.717, 1.165) is 12.8 Å². The van der Waals surface area contributed by atoms with E-state index in [1.807, 2.05) is 10.8 Å². The molecule has 0 saturated heterocycles. The summed E-state index contributed by atoms with van der Waals surface area (Å²) in [6, 6.07) is 3.47. The largest absolute Gasteiger partial charge is 0.463 e. The Morgan fingerprint density at radius 1 is 1.00 bits per heavy atom. The summed E-state index contributed by atoms with van der Waals surface area (Å²) in [5, 5.41) is 0. The number of rotatable bonds is 19. The van der Waals surface area contributed by atoms with E-state index in [2.05, 4.69) is 6.92 Å². The zero-order valence-corrected chi connectivity index (χ0v) is 19.7. The predicted octanol–water partition coefficient (Wildman–Crippen LogP) is 4.72. The minimum absolute atomic E-state index is 0.152. The van der Waals surface area contributed by atoms with Gasteiger partial charge in [0.15, 0.2) is 18.9 Å². The van der Waals surface area contributed by atoms with Gasteiger partial charge in [0.2, 0.25) is 0 Å². The maximum atomic E-state index is 12.0. The third kappa shape index (κ3) is 13.9. The number of nitrogens with zero attached hydrogens (tertiary/aromatic N) is 1. The summed E-state index contributed by atoms with van der Waals surface area (Å²) < 4.78 is 12.7. The molecule has 0 radical (unpaired) electrons. The van der Waals surface area contributed by atoms with Gasteiger partial charge in [0, 0.05) is 26.0 Å². The Kier molecular flexibility index (Phi) is 15.5. The first kappa shape index (κ1) is 27.1. The fraction of sp³-hybridized carbons (Fsp3) is 0.720. The molecule has 31 heavy (non-hydrogen) atoms. The molecular formula is C25H43N2O4+. The number of unbranched alkanes of at least 4 members (excludes halogenated alkanes) is 10. The topological polar surface area (TPSA) is 82.5 Å². The summed E-state index contributed by atoms with van der Waals surface area (Å²) in [4.78, 5) is 23.3. The van der Waals surface area contributed by atoms with Crippen LogP contribution in [0.5, 0.6) is 0 Å². The van der Waals surface area contributed by atoms with Crippen molar-refractivity contribution in [3.63, 3.8) is 0 Å². The number of carbonyl (C=O) groups excluding carboxylic acids is 2. The molecule has 176 valence electrons. The van der Waals surface area contributed by atoms with E-state index in [4.69, 9.17) is 15.2 Å². The van der Waals surface area contributed by atoms with Crippen molar-refractivity contribution in [2.24, 2.45) is 5.73 Å². The Bertz CT molecular complexity index is 621. The maximum absolute atomic E-state index is 12.0. The number of hydrogen-bond donors (Lipinski definition) is 1. The molecule has 1 aromatic rings. The number of ether oxygens (including phenoxy) is 2. The molecule has 0 aromatic carbocycles. The molecule has 0 aliphatic rings. The second-order valence-electron chi connectivity index (χ2n) is 8.31. The van der Waals surface area contributed by atoms with Crippen LogP contribution in [-0.4, -0.2) is 31.7 Å². The van der Waals surface area contributed by atoms with Gasteiger partial charge in [-0.05, 0) is 12.5 Å². The number of aromatic nitrogens is 1. The lowest BCUT2D eigenvalue weighted by Crippen LogP contribution is -2.37. The molecule has 0 aliphatic carbocycles. The molecule has 6 heteroatoms. The summed E-state index contributed by atoms with van der Waals surface area (Å²) in [5.41, 5.74) is 5.78. The number of hydrogen-bond acceptors (Lipinski definition) is 4. The van der Waals surface area contributed by atoms with Crippen molar-refractivity contribution in [2.45, 2.75) is 103 Å². The quantitative estimate of drug-likeness (QED) is 0.194. The molecular weight excluding hydrogens is 392 g/mol. The maximum Gasteiger partial charge on any atom is 0.305 e. The Morgan fingerprint density at radius 2 is 1.61 bits per heavy atom. The number of carbonyl (C=O) groups is 2. The summed E-state index contributed by atoms with van der Waals surface area (Å²) >= 11 is 0. The van der Waals surface area contributed by atoms with E-state index in [1.165, 1.54) is 57.8 Å². The van der Waals surface area contributed by atoms with Crippen LogP contribution in [0.2, 0.25) is 0 Å². The van der Waals surface area contributed by atoms with Gasteiger partial charge in [-0.2, -0.15) is 0 Å². The fourth-order valence-corrected chi connectivity index (χ4v) is 3.56. The van der Waals surface area contributed by atoms with Gasteiger partial charge in [-0.1, -0.05) is 71.1 Å². The summed E-state index contributed by atoms with van der Waals surface area (Å²) in [7, 11) is 1.62. The molecule has 0 unspecified atom stereocenters. The lowest BCUT2D eigenvalue weighted by Gasteiger charge is -2.14. The normalized spacial score (nSPS) is 11.9. The predicted molar refractivity (Wildman–Crippen MR) is 123 cm³/mol. The molecule has 0 bridgehead atoms. The minimum Gasteiger partial charge on any atom is -0.463 e. The molecule has 1 rings (SSSR count). The number of methoxy groups -OCH3 is 1. The van der Waals surface area contributed by atoms with Crippen LogP contribution in [0.3, 0.4) is 0 Å². The zero-order chi connectivity index (χ0) is 22.7. The van der Waals surface area contributed by atoms with Crippen LogP contribution in [0.4, 0.5) is 0 Å². The zero-order valence-electron chi connectivity index (χ0n) is 19.7. The minimum atomic E-state index is -0.450. The Morgan fingerprint density at radius 3 is 2.19 bits per heavy atom. The third-order valence-electron chi connectivity index (χ3n) is 5.60. The molecule has 1 atom stereocenters. The van der Waals surface area contributed by atoms with Crippen LogP contribution in [0.1, 0.15) is 101 Å². The first-order valence-electron chi connectivity index (χ1n) is 12.0. The van der Waals surface area contributed by atoms with Crippen molar-refractivity contribution in [3.8, 4) is 0 Å². The third-order valence-corrected chi connectivity index (χ3v) is 5.60. The second-order valence-corrected chi connectivity index (χ2v) is 8.31. The van der Waals surface area contributed by atoms with E-state index in [-0.39, 0.29) is 18.7 Å². The second kappa shape index (κ2) is 17.7. The average Bonchev–Trinajstić information content (AvgIpc) is 2.77. The first-order valence-corrected chi connectivity index (χ1v) is 12.0. The van der Waals surface area contributed by atoms with Gasteiger partial charge < -0.3 is 15.2 Å². The van der Waals surface area contributed by atoms with Gasteiger partial charge >= 0.3 is 5.97 Å². The van der Waals surface area contributed by atoms with Crippen LogP contribution in [0.15, 0.2) is 24.5 Å². The number of pyridine rings is 1. The van der Waals surface area contributed by atoms with Gasteiger partial charge in [-0.25, -0.2) is 4.57 Å². The molecule has 0 fully saturated rings. The highest BCUT2D eigenvalue weighted by Crippen LogP contribution is 2.12. The summed E-state index contributed by atoms with van der Waals surface area (Å²) in [6.07, 6.45) is 18.5. The Hall–Kier alpha value is -1.95. The van der Waals surface area contributed by atoms with E-state index >= 15 is 0 Å². The monoisotopic (exact) mass is 435 g/mol. The summed E-state index contributed by atoms with van der Waals surface area (Å²) in [5.74, 6) is -0.602. The van der Waals surface area contributed by atoms with Crippen molar-refractivity contribution in [1.29, 1.82) is 0 Å². The molecule has 1 amide bonds. The van der Waals surface area contributed by atoms with Crippen molar-refractivity contribution >= 4 is 11.9 Å². The smallest absolute Gasteiger partial charge is 0.305 e. The molecule has 1 aromatic heterocycles. The average molecular weight is 436 g/mol. The lowest BCUT2D eigenvalue weighted by atomic mass is 10.1. The molecule has 0 aliphatic heterocycles. The van der Waals surface area contributed by atoms with Crippen molar-refractivity contribution in [1.82, 2.24) is 0 Å². The van der Waals surface area contributed by atoms with Crippen LogP contribution in [0.25, 0.3) is 0 Å². The summed E-state index contributed by atoms with van der Waals surface area (Å²) in [6.45, 7) is 3.15. The van der Waals surface area contributed by atoms with Gasteiger partial charge in [-0.3, -0.25) is 9.59 Å². The van der Waals surface area contributed by atoms with E-state index in [0.29, 0.717) is 24.9 Å². The molecule has 0 saturated carbocycles. The number of amides is 1. The van der Waals surface area contributed by atoms with E-state index < -0.39 is 5.91 Å². The number of primary amides is 1. The SMILES string of the molecule is CCCCCCCCCCCCCC(=O)OC[C@H](CC[n+]1cccc(C(N)=O)c1)OC. The molecule has 2 N–H and O–H groups in total. The van der Waals surface area contributed by atoms with Crippen molar-refractivity contribution < 1.29 is 23.6 Å². The van der Waals surface area contributed by atoms with Gasteiger partial charge in [0.1, 0.15) is 12.2 Å².